The molecule has 0 atom stereocenters. The molecule has 1 aromatic heterocycles. The smallest absolute Gasteiger partial charge is 0.257 e. The van der Waals surface area contributed by atoms with Crippen molar-refractivity contribution in [2.45, 2.75) is 53.9 Å². The van der Waals surface area contributed by atoms with Gasteiger partial charge in [0, 0.05) is 11.4 Å². The van der Waals surface area contributed by atoms with Crippen LogP contribution in [0.5, 0.6) is 0 Å². The Morgan fingerprint density at radius 3 is 2.61 bits per heavy atom. The van der Waals surface area contributed by atoms with Crippen LogP contribution in [-0.2, 0) is 6.42 Å². The van der Waals surface area contributed by atoms with Gasteiger partial charge in [-0.3, -0.25) is 9.78 Å². The zero-order valence-corrected chi connectivity index (χ0v) is 14.8. The summed E-state index contributed by atoms with van der Waals surface area (Å²) in [5.41, 5.74) is 6.75. The minimum absolute atomic E-state index is 0.0604. The zero-order chi connectivity index (χ0) is 17.0. The van der Waals surface area contributed by atoms with E-state index in [1.54, 1.807) is 0 Å². The molecule has 0 saturated heterocycles. The molecular weight excluding hydrogens is 284 g/mol. The Balaban J connectivity index is 2.36. The molecule has 0 radical (unpaired) electrons. The zero-order valence-electron chi connectivity index (χ0n) is 14.8. The molecule has 23 heavy (non-hydrogen) atoms. The van der Waals surface area contributed by atoms with Gasteiger partial charge in [-0.15, -0.1) is 0 Å². The van der Waals surface area contributed by atoms with Crippen LogP contribution in [0, 0.1) is 27.7 Å². The normalized spacial score (nSPS) is 10.7. The minimum atomic E-state index is -0.0604. The molecule has 0 bridgehead atoms. The highest BCUT2D eigenvalue weighted by atomic mass is 16.1. The fourth-order valence-corrected chi connectivity index (χ4v) is 2.86. The summed E-state index contributed by atoms with van der Waals surface area (Å²) < 4.78 is 0. The van der Waals surface area contributed by atoms with Crippen molar-refractivity contribution in [3.05, 3.63) is 57.9 Å². The minimum Gasteiger partial charge on any atom is -0.322 e. The fraction of sp³-hybridized carbons (Fsp3) is 0.400. The van der Waals surface area contributed by atoms with E-state index in [0.717, 1.165) is 53.0 Å². The number of amides is 1. The predicted molar refractivity (Wildman–Crippen MR) is 96.2 cm³/mol. The number of unbranched alkanes of at least 4 members (excludes halogenated alkanes) is 1. The second kappa shape index (κ2) is 7.40. The number of anilines is 1. The second-order valence-corrected chi connectivity index (χ2v) is 6.19. The summed E-state index contributed by atoms with van der Waals surface area (Å²) in [6.07, 6.45) is 3.10. The van der Waals surface area contributed by atoms with Crippen molar-refractivity contribution in [3.8, 4) is 0 Å². The molecule has 2 rings (SSSR count). The van der Waals surface area contributed by atoms with E-state index in [9.17, 15) is 4.79 Å². The monoisotopic (exact) mass is 310 g/mol. The van der Waals surface area contributed by atoms with Crippen LogP contribution >= 0.6 is 0 Å². The molecule has 1 N–H and O–H groups in total. The Morgan fingerprint density at radius 1 is 1.17 bits per heavy atom. The average Bonchev–Trinajstić information content (AvgIpc) is 2.49. The first-order valence-corrected chi connectivity index (χ1v) is 8.28. The highest BCUT2D eigenvalue weighted by Crippen LogP contribution is 2.22. The summed E-state index contributed by atoms with van der Waals surface area (Å²) in [5.74, 6) is -0.0604. The molecule has 0 fully saturated rings. The number of nitrogens with zero attached hydrogens (tertiary/aromatic N) is 1. The lowest BCUT2D eigenvalue weighted by Gasteiger charge is -2.15. The second-order valence-electron chi connectivity index (χ2n) is 6.19. The van der Waals surface area contributed by atoms with E-state index >= 15 is 0 Å². The topological polar surface area (TPSA) is 42.0 Å². The van der Waals surface area contributed by atoms with E-state index in [2.05, 4.69) is 30.2 Å². The van der Waals surface area contributed by atoms with Gasteiger partial charge in [0.05, 0.1) is 11.3 Å². The Hall–Kier alpha value is -2.16. The Labute approximate surface area is 139 Å². The summed E-state index contributed by atoms with van der Waals surface area (Å²) in [5, 5.41) is 3.07. The van der Waals surface area contributed by atoms with Gasteiger partial charge in [-0.05, 0) is 69.4 Å². The Bertz CT molecular complexity index is 720. The molecule has 3 heteroatoms. The van der Waals surface area contributed by atoms with Crippen molar-refractivity contribution in [1.29, 1.82) is 0 Å². The van der Waals surface area contributed by atoms with Gasteiger partial charge < -0.3 is 5.32 Å². The molecule has 0 spiro atoms. The molecule has 0 aliphatic carbocycles. The van der Waals surface area contributed by atoms with Crippen LogP contribution in [0.3, 0.4) is 0 Å². The van der Waals surface area contributed by atoms with Crippen molar-refractivity contribution in [3.63, 3.8) is 0 Å². The molecule has 0 unspecified atom stereocenters. The van der Waals surface area contributed by atoms with Crippen molar-refractivity contribution in [2.75, 3.05) is 5.32 Å². The molecule has 0 aliphatic rings. The van der Waals surface area contributed by atoms with E-state index in [1.165, 1.54) is 5.56 Å². The van der Waals surface area contributed by atoms with Crippen LogP contribution in [0.1, 0.15) is 58.2 Å². The van der Waals surface area contributed by atoms with Gasteiger partial charge >= 0.3 is 0 Å². The number of carbonyl (C=O) groups is 1. The van der Waals surface area contributed by atoms with E-state index in [4.69, 9.17) is 0 Å². The number of benzene rings is 1. The number of aryl methyl sites for hydroxylation is 4. The maximum Gasteiger partial charge on any atom is 0.257 e. The predicted octanol–water partition coefficient (Wildman–Crippen LogP) is 4.91. The van der Waals surface area contributed by atoms with Crippen molar-refractivity contribution in [1.82, 2.24) is 4.98 Å². The van der Waals surface area contributed by atoms with E-state index in [0.29, 0.717) is 0 Å². The largest absolute Gasteiger partial charge is 0.322 e. The van der Waals surface area contributed by atoms with Gasteiger partial charge in [0.15, 0.2) is 0 Å². The molecule has 2 aromatic rings. The summed E-state index contributed by atoms with van der Waals surface area (Å²) in [7, 11) is 0. The van der Waals surface area contributed by atoms with Crippen molar-refractivity contribution < 1.29 is 4.79 Å². The van der Waals surface area contributed by atoms with Crippen molar-refractivity contribution >= 4 is 11.6 Å². The summed E-state index contributed by atoms with van der Waals surface area (Å²) in [6, 6.07) is 8.01. The first-order valence-electron chi connectivity index (χ1n) is 8.28. The maximum atomic E-state index is 12.8. The molecule has 0 aliphatic heterocycles. The van der Waals surface area contributed by atoms with Crippen LogP contribution in [-0.4, -0.2) is 10.9 Å². The van der Waals surface area contributed by atoms with Crippen LogP contribution in [0.25, 0.3) is 0 Å². The number of aromatic nitrogens is 1. The van der Waals surface area contributed by atoms with E-state index in [-0.39, 0.29) is 5.91 Å². The van der Waals surface area contributed by atoms with Gasteiger partial charge in [0.1, 0.15) is 0 Å². The molecule has 1 amide bonds. The Kier molecular flexibility index (Phi) is 5.54. The number of nitrogens with one attached hydrogen (secondary N) is 1. The van der Waals surface area contributed by atoms with Gasteiger partial charge in [-0.2, -0.15) is 0 Å². The molecular formula is C20H26N2O. The number of hydrogen-bond donors (Lipinski definition) is 1. The SMILES string of the molecule is CCCCc1cc(C)nc(C)c1C(=O)Nc1cccc(C)c1C. The number of rotatable bonds is 5. The molecule has 0 saturated carbocycles. The third-order valence-electron chi connectivity index (χ3n) is 4.29. The van der Waals surface area contributed by atoms with Gasteiger partial charge in [-0.25, -0.2) is 0 Å². The summed E-state index contributed by atoms with van der Waals surface area (Å²) >= 11 is 0. The highest BCUT2D eigenvalue weighted by Gasteiger charge is 2.17. The standard InChI is InChI=1S/C20H26N2O/c1-6-7-10-17-12-14(3)21-16(5)19(17)20(23)22-18-11-8-9-13(2)15(18)4/h8-9,11-12H,6-7,10H2,1-5H3,(H,22,23). The van der Waals surface area contributed by atoms with Crippen LogP contribution in [0.4, 0.5) is 5.69 Å². The summed E-state index contributed by atoms with van der Waals surface area (Å²) in [6.45, 7) is 10.1. The lowest BCUT2D eigenvalue weighted by Crippen LogP contribution is -2.18. The molecule has 3 nitrogen and oxygen atoms in total. The third-order valence-corrected chi connectivity index (χ3v) is 4.29. The molecule has 1 aromatic carbocycles. The van der Waals surface area contributed by atoms with E-state index < -0.39 is 0 Å². The van der Waals surface area contributed by atoms with Gasteiger partial charge in [0.25, 0.3) is 5.91 Å². The van der Waals surface area contributed by atoms with Crippen LogP contribution in [0.2, 0.25) is 0 Å². The first kappa shape index (κ1) is 17.2. The lowest BCUT2D eigenvalue weighted by molar-refractivity contribution is 0.102. The number of hydrogen-bond acceptors (Lipinski definition) is 2. The Morgan fingerprint density at radius 2 is 1.91 bits per heavy atom. The van der Waals surface area contributed by atoms with Gasteiger partial charge in [0.2, 0.25) is 0 Å². The van der Waals surface area contributed by atoms with Crippen LogP contribution < -0.4 is 5.32 Å². The third kappa shape index (κ3) is 3.98. The van der Waals surface area contributed by atoms with Crippen molar-refractivity contribution in [2.24, 2.45) is 0 Å². The maximum absolute atomic E-state index is 12.8. The first-order chi connectivity index (χ1) is 10.9. The summed E-state index contributed by atoms with van der Waals surface area (Å²) in [4.78, 5) is 17.3. The molecule has 122 valence electrons. The molecule has 1 heterocycles. The fourth-order valence-electron chi connectivity index (χ4n) is 2.86. The average molecular weight is 310 g/mol. The lowest BCUT2D eigenvalue weighted by atomic mass is 9.99. The highest BCUT2D eigenvalue weighted by molar-refractivity contribution is 6.06. The quantitative estimate of drug-likeness (QED) is 0.852. The van der Waals surface area contributed by atoms with Crippen LogP contribution in [0.15, 0.2) is 24.3 Å². The van der Waals surface area contributed by atoms with Gasteiger partial charge in [-0.1, -0.05) is 25.5 Å². The number of pyridine rings is 1. The van der Waals surface area contributed by atoms with E-state index in [1.807, 2.05) is 39.0 Å². The number of carbonyl (C=O) groups excluding carboxylic acids is 1.